The molecule has 4 rings (SSSR count). The van der Waals surface area contributed by atoms with Crippen molar-refractivity contribution in [3.63, 3.8) is 0 Å². The van der Waals surface area contributed by atoms with Crippen LogP contribution in [-0.2, 0) is 11.8 Å². The van der Waals surface area contributed by atoms with Gasteiger partial charge < -0.3 is 9.88 Å². The van der Waals surface area contributed by atoms with Crippen LogP contribution in [0.25, 0.3) is 22.3 Å². The predicted octanol–water partition coefficient (Wildman–Crippen LogP) is 3.54. The zero-order valence-corrected chi connectivity index (χ0v) is 16.2. The summed E-state index contributed by atoms with van der Waals surface area (Å²) in [4.78, 5) is 21.2. The molecule has 28 heavy (non-hydrogen) atoms. The minimum Gasteiger partial charge on any atom is -0.324 e. The number of anilines is 1. The molecule has 0 aliphatic carbocycles. The lowest BCUT2D eigenvalue weighted by Crippen LogP contribution is -2.23. The van der Waals surface area contributed by atoms with E-state index in [0.29, 0.717) is 11.0 Å². The normalized spacial score (nSPS) is 12.1. The van der Waals surface area contributed by atoms with Gasteiger partial charge in [0.25, 0.3) is 0 Å². The maximum absolute atomic E-state index is 12.7. The van der Waals surface area contributed by atoms with Crippen LogP contribution in [0.2, 0.25) is 0 Å². The van der Waals surface area contributed by atoms with Crippen molar-refractivity contribution in [1.29, 1.82) is 0 Å². The fraction of sp³-hybridized carbons (Fsp3) is 0.150. The SMILES string of the molecule is CC(Sc1nnc(-c2cccnc2)n1C)C(=O)Nc1cccc2ncccc12. The van der Waals surface area contributed by atoms with E-state index in [9.17, 15) is 4.79 Å². The minimum absolute atomic E-state index is 0.104. The van der Waals surface area contributed by atoms with Crippen molar-refractivity contribution in [2.75, 3.05) is 5.32 Å². The van der Waals surface area contributed by atoms with Crippen molar-refractivity contribution in [3.05, 3.63) is 61.1 Å². The van der Waals surface area contributed by atoms with E-state index in [0.717, 1.165) is 22.2 Å². The topological polar surface area (TPSA) is 85.6 Å². The van der Waals surface area contributed by atoms with Crippen LogP contribution < -0.4 is 5.32 Å². The summed E-state index contributed by atoms with van der Waals surface area (Å²) in [6.45, 7) is 1.85. The monoisotopic (exact) mass is 390 g/mol. The van der Waals surface area contributed by atoms with Gasteiger partial charge in [0.1, 0.15) is 0 Å². The number of pyridine rings is 2. The highest BCUT2D eigenvalue weighted by Gasteiger charge is 2.20. The van der Waals surface area contributed by atoms with Crippen LogP contribution in [0.15, 0.2) is 66.2 Å². The third-order valence-corrected chi connectivity index (χ3v) is 5.44. The molecule has 1 atom stereocenters. The number of amides is 1. The van der Waals surface area contributed by atoms with Gasteiger partial charge in [-0.3, -0.25) is 14.8 Å². The molecular weight excluding hydrogens is 372 g/mol. The molecule has 0 spiro atoms. The van der Waals surface area contributed by atoms with E-state index in [1.54, 1.807) is 18.6 Å². The van der Waals surface area contributed by atoms with Crippen LogP contribution in [0, 0.1) is 0 Å². The highest BCUT2D eigenvalue weighted by molar-refractivity contribution is 8.00. The molecule has 8 heteroatoms. The fourth-order valence-corrected chi connectivity index (χ4v) is 3.64. The molecule has 1 amide bonds. The second-order valence-electron chi connectivity index (χ2n) is 6.23. The Morgan fingerprint density at radius 1 is 1.11 bits per heavy atom. The van der Waals surface area contributed by atoms with Gasteiger partial charge in [0.15, 0.2) is 11.0 Å². The van der Waals surface area contributed by atoms with E-state index in [2.05, 4.69) is 25.5 Å². The van der Waals surface area contributed by atoms with Gasteiger partial charge in [-0.25, -0.2) is 0 Å². The van der Waals surface area contributed by atoms with Crippen molar-refractivity contribution in [2.45, 2.75) is 17.3 Å². The molecule has 4 aromatic rings. The number of hydrogen-bond donors (Lipinski definition) is 1. The minimum atomic E-state index is -0.350. The van der Waals surface area contributed by atoms with Gasteiger partial charge in [-0.15, -0.1) is 10.2 Å². The molecule has 1 N–H and O–H groups in total. The number of fused-ring (bicyclic) bond motifs is 1. The molecule has 0 aliphatic rings. The Kier molecular flexibility index (Phi) is 5.03. The van der Waals surface area contributed by atoms with E-state index in [4.69, 9.17) is 0 Å². The first-order valence-electron chi connectivity index (χ1n) is 8.74. The standard InChI is InChI=1S/C20H18N6OS/c1-13(19(27)23-17-9-3-8-16-15(17)7-5-11-22-16)28-20-25-24-18(26(20)2)14-6-4-10-21-12-14/h3-13H,1-2H3,(H,23,27). The summed E-state index contributed by atoms with van der Waals surface area (Å²) in [5.74, 6) is 0.607. The van der Waals surface area contributed by atoms with E-state index in [-0.39, 0.29) is 11.2 Å². The zero-order valence-electron chi connectivity index (χ0n) is 15.4. The van der Waals surface area contributed by atoms with Crippen LogP contribution in [0.5, 0.6) is 0 Å². The van der Waals surface area contributed by atoms with Crippen molar-refractivity contribution in [2.24, 2.45) is 7.05 Å². The first-order valence-corrected chi connectivity index (χ1v) is 9.62. The van der Waals surface area contributed by atoms with Gasteiger partial charge in [0, 0.05) is 36.6 Å². The molecule has 0 fully saturated rings. The largest absolute Gasteiger partial charge is 0.324 e. The average Bonchev–Trinajstić information content (AvgIpc) is 3.09. The van der Waals surface area contributed by atoms with Crippen molar-refractivity contribution >= 4 is 34.3 Å². The molecule has 0 saturated carbocycles. The molecule has 0 bridgehead atoms. The molecular formula is C20H18N6OS. The Morgan fingerprint density at radius 2 is 1.96 bits per heavy atom. The first kappa shape index (κ1) is 18.1. The molecule has 0 aliphatic heterocycles. The van der Waals surface area contributed by atoms with Gasteiger partial charge >= 0.3 is 0 Å². The second kappa shape index (κ2) is 7.77. The van der Waals surface area contributed by atoms with Gasteiger partial charge in [-0.05, 0) is 43.3 Å². The van der Waals surface area contributed by atoms with Crippen LogP contribution in [0.4, 0.5) is 5.69 Å². The Morgan fingerprint density at radius 3 is 2.79 bits per heavy atom. The van der Waals surface area contributed by atoms with Gasteiger partial charge in [-0.1, -0.05) is 17.8 Å². The highest BCUT2D eigenvalue weighted by Crippen LogP contribution is 2.27. The third-order valence-electron chi connectivity index (χ3n) is 4.31. The number of thioether (sulfide) groups is 1. The van der Waals surface area contributed by atoms with Crippen LogP contribution >= 0.6 is 11.8 Å². The van der Waals surface area contributed by atoms with Crippen molar-refractivity contribution in [3.8, 4) is 11.4 Å². The molecule has 0 radical (unpaired) electrons. The quantitative estimate of drug-likeness (QED) is 0.525. The molecule has 3 heterocycles. The number of hydrogen-bond acceptors (Lipinski definition) is 6. The summed E-state index contributed by atoms with van der Waals surface area (Å²) in [5.41, 5.74) is 2.47. The van der Waals surface area contributed by atoms with Gasteiger partial charge in [-0.2, -0.15) is 0 Å². The Hall–Kier alpha value is -3.26. The van der Waals surface area contributed by atoms with Gasteiger partial charge in [0.2, 0.25) is 5.91 Å². The van der Waals surface area contributed by atoms with Crippen molar-refractivity contribution < 1.29 is 4.79 Å². The first-order chi connectivity index (χ1) is 13.6. The maximum atomic E-state index is 12.7. The van der Waals surface area contributed by atoms with E-state index < -0.39 is 0 Å². The number of carbonyl (C=O) groups is 1. The lowest BCUT2D eigenvalue weighted by atomic mass is 10.2. The van der Waals surface area contributed by atoms with Crippen LogP contribution in [0.1, 0.15) is 6.92 Å². The lowest BCUT2D eigenvalue weighted by Gasteiger charge is -2.13. The van der Waals surface area contributed by atoms with E-state index in [1.165, 1.54) is 11.8 Å². The van der Waals surface area contributed by atoms with E-state index in [1.807, 2.05) is 61.0 Å². The molecule has 140 valence electrons. The summed E-state index contributed by atoms with van der Waals surface area (Å²) in [7, 11) is 1.88. The van der Waals surface area contributed by atoms with Crippen molar-refractivity contribution in [1.82, 2.24) is 24.7 Å². The van der Waals surface area contributed by atoms with Crippen LogP contribution in [-0.4, -0.2) is 35.9 Å². The summed E-state index contributed by atoms with van der Waals surface area (Å²) >= 11 is 1.36. The smallest absolute Gasteiger partial charge is 0.237 e. The Bertz CT molecular complexity index is 1120. The predicted molar refractivity (Wildman–Crippen MR) is 110 cm³/mol. The molecule has 3 aromatic heterocycles. The summed E-state index contributed by atoms with van der Waals surface area (Å²) in [5, 5.41) is 12.7. The maximum Gasteiger partial charge on any atom is 0.237 e. The number of nitrogens with zero attached hydrogens (tertiary/aromatic N) is 5. The Labute approximate surface area is 166 Å². The lowest BCUT2D eigenvalue weighted by molar-refractivity contribution is -0.115. The number of aromatic nitrogens is 5. The second-order valence-corrected chi connectivity index (χ2v) is 7.54. The fourth-order valence-electron chi connectivity index (χ4n) is 2.82. The third kappa shape index (κ3) is 3.59. The van der Waals surface area contributed by atoms with E-state index >= 15 is 0 Å². The number of rotatable bonds is 5. The molecule has 1 unspecified atom stereocenters. The number of carbonyl (C=O) groups excluding carboxylic acids is 1. The number of nitrogens with one attached hydrogen (secondary N) is 1. The summed E-state index contributed by atoms with van der Waals surface area (Å²) in [6.07, 6.45) is 5.19. The van der Waals surface area contributed by atoms with Crippen LogP contribution in [0.3, 0.4) is 0 Å². The Balaban J connectivity index is 1.50. The van der Waals surface area contributed by atoms with Gasteiger partial charge in [0.05, 0.1) is 16.5 Å². The molecule has 1 aromatic carbocycles. The zero-order chi connectivity index (χ0) is 19.5. The number of benzene rings is 1. The highest BCUT2D eigenvalue weighted by atomic mass is 32.2. The molecule has 7 nitrogen and oxygen atoms in total. The summed E-state index contributed by atoms with van der Waals surface area (Å²) in [6, 6.07) is 13.3. The molecule has 0 saturated heterocycles. The average molecular weight is 390 g/mol. The summed E-state index contributed by atoms with van der Waals surface area (Å²) < 4.78 is 1.87.